The summed E-state index contributed by atoms with van der Waals surface area (Å²) in [6.45, 7) is 2.87. The van der Waals surface area contributed by atoms with Crippen molar-refractivity contribution in [3.05, 3.63) is 41.7 Å². The minimum Gasteiger partial charge on any atom is -0.484 e. The Morgan fingerprint density at radius 2 is 2.29 bits per heavy atom. The van der Waals surface area contributed by atoms with Crippen LogP contribution in [-0.4, -0.2) is 20.6 Å². The maximum absolute atomic E-state index is 13.4. The van der Waals surface area contributed by atoms with Crippen LogP contribution in [0.5, 0.6) is 5.75 Å². The van der Waals surface area contributed by atoms with Crippen molar-refractivity contribution in [2.75, 3.05) is 5.88 Å². The molecule has 0 atom stereocenters. The first-order valence-corrected chi connectivity index (χ1v) is 7.12. The summed E-state index contributed by atoms with van der Waals surface area (Å²) in [7, 11) is 0. The van der Waals surface area contributed by atoms with E-state index in [0.29, 0.717) is 36.0 Å². The Morgan fingerprint density at radius 3 is 3.05 bits per heavy atom. The van der Waals surface area contributed by atoms with E-state index in [-0.39, 0.29) is 12.4 Å². The molecule has 1 aromatic heterocycles. The molecule has 0 aliphatic carbocycles. The van der Waals surface area contributed by atoms with Gasteiger partial charge in [-0.15, -0.1) is 11.6 Å². The molecule has 0 spiro atoms. The lowest BCUT2D eigenvalue weighted by atomic mass is 10.2. The van der Waals surface area contributed by atoms with Crippen molar-refractivity contribution >= 4 is 11.6 Å². The second-order valence-corrected chi connectivity index (χ2v) is 4.54. The zero-order valence-corrected chi connectivity index (χ0v) is 12.4. The predicted molar refractivity (Wildman–Crippen MR) is 78.6 cm³/mol. The SMILES string of the molecule is CCn1ncnc1COc1cc(F)ccc1C#CCCCl. The average molecular weight is 308 g/mol. The second-order valence-electron chi connectivity index (χ2n) is 4.16. The predicted octanol–water partition coefficient (Wildman–Crippen LogP) is 3.00. The molecule has 1 aromatic carbocycles. The van der Waals surface area contributed by atoms with E-state index >= 15 is 0 Å². The van der Waals surface area contributed by atoms with E-state index in [1.54, 1.807) is 10.7 Å². The van der Waals surface area contributed by atoms with Crippen molar-refractivity contribution in [3.8, 4) is 17.6 Å². The highest BCUT2D eigenvalue weighted by Gasteiger charge is 2.07. The van der Waals surface area contributed by atoms with Gasteiger partial charge in [-0.2, -0.15) is 5.10 Å². The molecule has 2 rings (SSSR count). The summed E-state index contributed by atoms with van der Waals surface area (Å²) in [6.07, 6.45) is 2.04. The van der Waals surface area contributed by atoms with E-state index in [2.05, 4.69) is 21.9 Å². The summed E-state index contributed by atoms with van der Waals surface area (Å²) in [5.74, 6) is 7.01. The standard InChI is InChI=1S/C15H15ClFN3O/c1-2-20-15(18-11-19-20)10-21-14-9-13(17)7-6-12(14)5-3-4-8-16/h6-7,9,11H,2,4,8,10H2,1H3. The molecule has 0 unspecified atom stereocenters. The molecule has 0 aliphatic heterocycles. The molecule has 4 nitrogen and oxygen atoms in total. The van der Waals surface area contributed by atoms with Crippen LogP contribution in [0.25, 0.3) is 0 Å². The fourth-order valence-electron chi connectivity index (χ4n) is 1.73. The number of benzene rings is 1. The number of rotatable bonds is 5. The molecule has 6 heteroatoms. The number of hydrogen-bond donors (Lipinski definition) is 0. The van der Waals surface area contributed by atoms with E-state index in [1.807, 2.05) is 6.92 Å². The molecule has 0 fully saturated rings. The highest BCUT2D eigenvalue weighted by Crippen LogP contribution is 2.20. The zero-order valence-electron chi connectivity index (χ0n) is 11.6. The van der Waals surface area contributed by atoms with Crippen LogP contribution < -0.4 is 4.74 Å². The van der Waals surface area contributed by atoms with Crippen LogP contribution in [0, 0.1) is 17.7 Å². The van der Waals surface area contributed by atoms with Crippen molar-refractivity contribution in [2.24, 2.45) is 0 Å². The second kappa shape index (κ2) is 7.65. The molecule has 0 aliphatic rings. The summed E-state index contributed by atoms with van der Waals surface area (Å²) in [4.78, 5) is 4.11. The fourth-order valence-corrected chi connectivity index (χ4v) is 1.82. The van der Waals surface area contributed by atoms with Gasteiger partial charge in [0.25, 0.3) is 0 Å². The molecule has 110 valence electrons. The van der Waals surface area contributed by atoms with Crippen molar-refractivity contribution in [3.63, 3.8) is 0 Å². The van der Waals surface area contributed by atoms with Gasteiger partial charge in [-0.05, 0) is 19.1 Å². The summed E-state index contributed by atoms with van der Waals surface area (Å²) in [6, 6.07) is 4.26. The molecule has 2 aromatic rings. The van der Waals surface area contributed by atoms with Crippen LogP contribution in [0.1, 0.15) is 24.7 Å². The third kappa shape index (κ3) is 4.20. The molecular formula is C15H15ClFN3O. The van der Waals surface area contributed by atoms with E-state index in [4.69, 9.17) is 16.3 Å². The summed E-state index contributed by atoms with van der Waals surface area (Å²) >= 11 is 5.58. The quantitative estimate of drug-likeness (QED) is 0.630. The van der Waals surface area contributed by atoms with Gasteiger partial charge in [0.05, 0.1) is 5.56 Å². The molecule has 21 heavy (non-hydrogen) atoms. The molecule has 0 saturated heterocycles. The fraction of sp³-hybridized carbons (Fsp3) is 0.333. The monoisotopic (exact) mass is 307 g/mol. The van der Waals surface area contributed by atoms with Gasteiger partial charge >= 0.3 is 0 Å². The first-order valence-electron chi connectivity index (χ1n) is 6.58. The summed E-state index contributed by atoms with van der Waals surface area (Å²) in [5, 5.41) is 4.06. The van der Waals surface area contributed by atoms with Gasteiger partial charge in [-0.3, -0.25) is 0 Å². The number of nitrogens with zero attached hydrogens (tertiary/aromatic N) is 3. The first kappa shape index (κ1) is 15.3. The largest absolute Gasteiger partial charge is 0.484 e. The Labute approximate surface area is 127 Å². The van der Waals surface area contributed by atoms with Gasteiger partial charge in [0.2, 0.25) is 0 Å². The Balaban J connectivity index is 2.15. The van der Waals surface area contributed by atoms with Gasteiger partial charge in [0.15, 0.2) is 5.82 Å². The van der Waals surface area contributed by atoms with Crippen LogP contribution in [-0.2, 0) is 13.2 Å². The van der Waals surface area contributed by atoms with E-state index < -0.39 is 0 Å². The minimum atomic E-state index is -0.371. The van der Waals surface area contributed by atoms with E-state index in [9.17, 15) is 4.39 Å². The molecule has 0 amide bonds. The van der Waals surface area contributed by atoms with Crippen LogP contribution >= 0.6 is 11.6 Å². The average Bonchev–Trinajstić information content (AvgIpc) is 2.94. The zero-order chi connectivity index (χ0) is 15.1. The van der Waals surface area contributed by atoms with Crippen molar-refractivity contribution in [2.45, 2.75) is 26.5 Å². The third-order valence-electron chi connectivity index (χ3n) is 2.74. The number of alkyl halides is 1. The van der Waals surface area contributed by atoms with Gasteiger partial charge in [-0.25, -0.2) is 14.1 Å². The highest BCUT2D eigenvalue weighted by atomic mass is 35.5. The Bertz CT molecular complexity index is 660. The number of halogens is 2. The molecule has 0 saturated carbocycles. The smallest absolute Gasteiger partial charge is 0.164 e. The Kier molecular flexibility index (Phi) is 5.59. The number of ether oxygens (including phenoxy) is 1. The van der Waals surface area contributed by atoms with Crippen molar-refractivity contribution < 1.29 is 9.13 Å². The number of aromatic nitrogens is 3. The maximum atomic E-state index is 13.4. The van der Waals surface area contributed by atoms with Crippen molar-refractivity contribution in [1.29, 1.82) is 0 Å². The topological polar surface area (TPSA) is 39.9 Å². The Hall–Kier alpha value is -2.06. The first-order chi connectivity index (χ1) is 10.2. The summed E-state index contributed by atoms with van der Waals surface area (Å²) in [5.41, 5.74) is 0.629. The maximum Gasteiger partial charge on any atom is 0.164 e. The van der Waals surface area contributed by atoms with Gasteiger partial charge in [0, 0.05) is 24.9 Å². The third-order valence-corrected chi connectivity index (χ3v) is 2.93. The minimum absolute atomic E-state index is 0.210. The van der Waals surface area contributed by atoms with Crippen LogP contribution in [0.2, 0.25) is 0 Å². The van der Waals surface area contributed by atoms with Crippen LogP contribution in [0.4, 0.5) is 4.39 Å². The number of hydrogen-bond acceptors (Lipinski definition) is 3. The van der Waals surface area contributed by atoms with Gasteiger partial charge < -0.3 is 4.74 Å². The van der Waals surface area contributed by atoms with E-state index in [1.165, 1.54) is 18.5 Å². The molecule has 0 bridgehead atoms. The van der Waals surface area contributed by atoms with Gasteiger partial charge in [0.1, 0.15) is 24.5 Å². The lowest BCUT2D eigenvalue weighted by Gasteiger charge is -2.08. The summed E-state index contributed by atoms with van der Waals surface area (Å²) < 4.78 is 20.7. The lowest BCUT2D eigenvalue weighted by Crippen LogP contribution is -2.07. The molecule has 1 heterocycles. The molecule has 0 radical (unpaired) electrons. The van der Waals surface area contributed by atoms with Crippen molar-refractivity contribution in [1.82, 2.24) is 14.8 Å². The Morgan fingerprint density at radius 1 is 1.43 bits per heavy atom. The normalized spacial score (nSPS) is 10.0. The van der Waals surface area contributed by atoms with Gasteiger partial charge in [-0.1, -0.05) is 11.8 Å². The van der Waals surface area contributed by atoms with Crippen LogP contribution in [0.3, 0.4) is 0 Å². The number of aryl methyl sites for hydroxylation is 1. The van der Waals surface area contributed by atoms with E-state index in [0.717, 1.165) is 0 Å². The highest BCUT2D eigenvalue weighted by molar-refractivity contribution is 6.18. The van der Waals surface area contributed by atoms with Crippen LogP contribution in [0.15, 0.2) is 24.5 Å². The molecular weight excluding hydrogens is 293 g/mol. The lowest BCUT2D eigenvalue weighted by molar-refractivity contribution is 0.285. The molecule has 0 N–H and O–H groups in total.